The molecule has 0 saturated heterocycles. The molecule has 21 heavy (non-hydrogen) atoms. The molecule has 0 aromatic heterocycles. The van der Waals surface area contributed by atoms with Crippen LogP contribution in [0.3, 0.4) is 0 Å². The average molecular weight is 312 g/mol. The fraction of sp³-hybridized carbons (Fsp3) is 0.944. The third-order valence-corrected chi connectivity index (χ3v) is 6.76. The van der Waals surface area contributed by atoms with E-state index in [1.54, 1.807) is 0 Å². The monoisotopic (exact) mass is 311 g/mol. The molecule has 120 valence electrons. The Kier molecular flexibility index (Phi) is 3.45. The highest BCUT2D eigenvalue weighted by atomic mass is 35.5. The van der Waals surface area contributed by atoms with Gasteiger partial charge in [-0.3, -0.25) is 4.79 Å². The van der Waals surface area contributed by atoms with Gasteiger partial charge in [0.1, 0.15) is 0 Å². The molecule has 2 atom stereocenters. The molecular formula is C18H30ClNO. The second-order valence-electron chi connectivity index (χ2n) is 9.87. The van der Waals surface area contributed by atoms with Crippen molar-refractivity contribution in [1.82, 2.24) is 5.32 Å². The first kappa shape index (κ1) is 15.6. The number of hydrogen-bond donors (Lipinski definition) is 1. The fourth-order valence-electron chi connectivity index (χ4n) is 6.68. The number of halogens is 1. The third kappa shape index (κ3) is 2.98. The van der Waals surface area contributed by atoms with E-state index in [-0.39, 0.29) is 16.9 Å². The Morgan fingerprint density at radius 2 is 1.71 bits per heavy atom. The summed E-state index contributed by atoms with van der Waals surface area (Å²) in [4.78, 5) is 12.5. The van der Waals surface area contributed by atoms with Gasteiger partial charge in [0.2, 0.25) is 5.91 Å². The van der Waals surface area contributed by atoms with Gasteiger partial charge in [-0.2, -0.15) is 0 Å². The molecule has 2 nitrogen and oxygen atoms in total. The fourth-order valence-corrected chi connectivity index (χ4v) is 6.74. The van der Waals surface area contributed by atoms with Crippen molar-refractivity contribution in [3.8, 4) is 0 Å². The first-order valence-electron chi connectivity index (χ1n) is 8.44. The largest absolute Gasteiger partial charge is 0.350 e. The second kappa shape index (κ2) is 4.63. The van der Waals surface area contributed by atoms with Crippen molar-refractivity contribution in [1.29, 1.82) is 0 Å². The summed E-state index contributed by atoms with van der Waals surface area (Å²) in [5.41, 5.74) is 0.928. The lowest BCUT2D eigenvalue weighted by Gasteiger charge is -2.65. The summed E-state index contributed by atoms with van der Waals surface area (Å²) in [6, 6.07) is 0. The average Bonchev–Trinajstić information content (AvgIpc) is 2.21. The number of nitrogens with one attached hydrogen (secondary N) is 1. The van der Waals surface area contributed by atoms with Gasteiger partial charge in [0.15, 0.2) is 0 Å². The van der Waals surface area contributed by atoms with Crippen LogP contribution in [0.2, 0.25) is 0 Å². The Morgan fingerprint density at radius 1 is 1.14 bits per heavy atom. The minimum atomic E-state index is -0.297. The van der Waals surface area contributed by atoms with Gasteiger partial charge in [0.05, 0.1) is 0 Å². The lowest BCUT2D eigenvalue weighted by Crippen LogP contribution is -2.56. The van der Waals surface area contributed by atoms with Gasteiger partial charge in [0, 0.05) is 17.8 Å². The molecule has 4 rings (SSSR count). The Labute approximate surface area is 134 Å². The van der Waals surface area contributed by atoms with E-state index >= 15 is 0 Å². The van der Waals surface area contributed by atoms with E-state index in [2.05, 4.69) is 19.2 Å². The van der Waals surface area contributed by atoms with Crippen LogP contribution in [-0.2, 0) is 4.79 Å². The van der Waals surface area contributed by atoms with E-state index in [0.717, 1.165) is 5.92 Å². The summed E-state index contributed by atoms with van der Waals surface area (Å²) in [5, 5.41) is 3.14. The van der Waals surface area contributed by atoms with Crippen LogP contribution in [0.4, 0.5) is 0 Å². The first-order chi connectivity index (χ1) is 9.57. The Balaban J connectivity index is 1.75. The Hall–Kier alpha value is -0.240. The maximum atomic E-state index is 12.5. The number of amides is 1. The first-order valence-corrected chi connectivity index (χ1v) is 8.97. The van der Waals surface area contributed by atoms with Gasteiger partial charge in [-0.25, -0.2) is 0 Å². The normalized spacial score (nSPS) is 44.9. The molecule has 4 aliphatic rings. The maximum Gasteiger partial charge on any atom is 0.221 e. The molecule has 4 aliphatic carbocycles. The number of hydrogen-bond acceptors (Lipinski definition) is 1. The SMILES string of the molecule is CC12CC3CC(C)(C1)CC(CC(=O)NC(C)(C)CCl)(C3)C2. The highest BCUT2D eigenvalue weighted by Crippen LogP contribution is 2.70. The second-order valence-corrected chi connectivity index (χ2v) is 10.1. The van der Waals surface area contributed by atoms with E-state index in [1.165, 1.54) is 38.5 Å². The molecule has 2 unspecified atom stereocenters. The van der Waals surface area contributed by atoms with Crippen molar-refractivity contribution >= 4 is 17.5 Å². The minimum Gasteiger partial charge on any atom is -0.350 e. The standard InChI is InChI=1S/C18H30ClNO/c1-15(2,12-19)20-14(21)8-18-7-13-5-16(3,10-18)9-17(4,6-13)11-18/h13H,5-12H2,1-4H3,(H,20,21). The maximum absolute atomic E-state index is 12.5. The third-order valence-electron chi connectivity index (χ3n) is 6.09. The van der Waals surface area contributed by atoms with Crippen LogP contribution < -0.4 is 5.32 Å². The Bertz CT molecular complexity index is 440. The van der Waals surface area contributed by atoms with E-state index in [4.69, 9.17) is 11.6 Å². The summed E-state index contributed by atoms with van der Waals surface area (Å²) in [6.07, 6.45) is 8.62. The van der Waals surface area contributed by atoms with Crippen molar-refractivity contribution in [2.75, 3.05) is 5.88 Å². The number of carbonyl (C=O) groups is 1. The molecule has 0 radical (unpaired) electrons. The van der Waals surface area contributed by atoms with Crippen LogP contribution in [0.5, 0.6) is 0 Å². The van der Waals surface area contributed by atoms with Crippen LogP contribution in [-0.4, -0.2) is 17.3 Å². The van der Waals surface area contributed by atoms with Crippen LogP contribution in [0, 0.1) is 22.2 Å². The van der Waals surface area contributed by atoms with Crippen molar-refractivity contribution < 1.29 is 4.79 Å². The molecule has 0 spiro atoms. The molecule has 4 fully saturated rings. The predicted octanol–water partition coefficient (Wildman–Crippen LogP) is 4.51. The molecule has 0 heterocycles. The molecule has 4 bridgehead atoms. The van der Waals surface area contributed by atoms with Gasteiger partial charge in [-0.15, -0.1) is 11.6 Å². The van der Waals surface area contributed by atoms with Crippen LogP contribution in [0.1, 0.15) is 72.6 Å². The van der Waals surface area contributed by atoms with Crippen LogP contribution >= 0.6 is 11.6 Å². The lowest BCUT2D eigenvalue weighted by molar-refractivity contribution is -0.156. The minimum absolute atomic E-state index is 0.204. The van der Waals surface area contributed by atoms with Crippen LogP contribution in [0.15, 0.2) is 0 Å². The molecule has 0 aromatic carbocycles. The molecular weight excluding hydrogens is 282 g/mol. The van der Waals surface area contributed by atoms with Crippen molar-refractivity contribution in [3.05, 3.63) is 0 Å². The van der Waals surface area contributed by atoms with Gasteiger partial charge in [0.25, 0.3) is 0 Å². The van der Waals surface area contributed by atoms with Crippen molar-refractivity contribution in [2.45, 2.75) is 78.2 Å². The summed E-state index contributed by atoms with van der Waals surface area (Å²) in [6.45, 7) is 8.93. The quantitative estimate of drug-likeness (QED) is 0.761. The summed E-state index contributed by atoms with van der Waals surface area (Å²) >= 11 is 5.94. The molecule has 0 aliphatic heterocycles. The Morgan fingerprint density at radius 3 is 2.19 bits per heavy atom. The van der Waals surface area contributed by atoms with Gasteiger partial charge in [-0.05, 0) is 74.5 Å². The van der Waals surface area contributed by atoms with Crippen molar-refractivity contribution in [3.63, 3.8) is 0 Å². The van der Waals surface area contributed by atoms with E-state index in [9.17, 15) is 4.79 Å². The van der Waals surface area contributed by atoms with Gasteiger partial charge >= 0.3 is 0 Å². The number of carbonyl (C=O) groups excluding carboxylic acids is 1. The summed E-state index contributed by atoms with van der Waals surface area (Å²) in [5.74, 6) is 1.52. The lowest BCUT2D eigenvalue weighted by atomic mass is 9.40. The highest BCUT2D eigenvalue weighted by molar-refractivity contribution is 6.18. The zero-order chi connectivity index (χ0) is 15.5. The topological polar surface area (TPSA) is 29.1 Å². The van der Waals surface area contributed by atoms with E-state index in [1.807, 2.05) is 13.8 Å². The van der Waals surface area contributed by atoms with Gasteiger partial charge < -0.3 is 5.32 Å². The number of alkyl halides is 1. The van der Waals surface area contributed by atoms with Crippen LogP contribution in [0.25, 0.3) is 0 Å². The molecule has 3 heteroatoms. The number of rotatable bonds is 4. The predicted molar refractivity (Wildman–Crippen MR) is 87.4 cm³/mol. The zero-order valence-corrected chi connectivity index (χ0v) is 14.8. The summed E-state index contributed by atoms with van der Waals surface area (Å²) in [7, 11) is 0. The summed E-state index contributed by atoms with van der Waals surface area (Å²) < 4.78 is 0. The van der Waals surface area contributed by atoms with E-state index in [0.29, 0.717) is 23.1 Å². The van der Waals surface area contributed by atoms with E-state index < -0.39 is 0 Å². The molecule has 0 aromatic rings. The smallest absolute Gasteiger partial charge is 0.221 e. The molecule has 1 amide bonds. The van der Waals surface area contributed by atoms with Crippen molar-refractivity contribution in [2.24, 2.45) is 22.2 Å². The molecule has 1 N–H and O–H groups in total. The highest BCUT2D eigenvalue weighted by Gasteiger charge is 2.60. The van der Waals surface area contributed by atoms with Gasteiger partial charge in [-0.1, -0.05) is 13.8 Å². The molecule has 4 saturated carbocycles. The zero-order valence-electron chi connectivity index (χ0n) is 14.0.